The maximum Gasteiger partial charge on any atom is 0.308 e. The Morgan fingerprint density at radius 3 is 1.64 bits per heavy atom. The second-order valence-corrected chi connectivity index (χ2v) is 4.75. The van der Waals surface area contributed by atoms with Crippen LogP contribution in [0.25, 0.3) is 10.8 Å². The third-order valence-electron chi connectivity index (χ3n) is 3.10. The van der Waals surface area contributed by atoms with Crippen molar-refractivity contribution in [2.24, 2.45) is 0 Å². The largest absolute Gasteiger partial charge is 0.483 e. The summed E-state index contributed by atoms with van der Waals surface area (Å²) in [5, 5.41) is 1.22. The van der Waals surface area contributed by atoms with E-state index in [-0.39, 0.29) is 23.0 Å². The molecule has 0 saturated heterocycles. The van der Waals surface area contributed by atoms with Crippen LogP contribution in [0.4, 0.5) is 0 Å². The Morgan fingerprint density at radius 2 is 1.27 bits per heavy atom. The van der Waals surface area contributed by atoms with Gasteiger partial charge in [-0.2, -0.15) is 0 Å². The van der Waals surface area contributed by atoms with Gasteiger partial charge in [-0.25, -0.2) is 0 Å². The maximum atomic E-state index is 11.4. The molecule has 0 unspecified atom stereocenters. The van der Waals surface area contributed by atoms with E-state index in [0.29, 0.717) is 24.0 Å². The molecule has 3 rings (SSSR count). The number of esters is 2. The molecule has 0 aliphatic carbocycles. The van der Waals surface area contributed by atoms with E-state index in [4.69, 9.17) is 18.9 Å². The van der Waals surface area contributed by atoms with E-state index in [1.54, 1.807) is 24.3 Å². The van der Waals surface area contributed by atoms with Gasteiger partial charge in [-0.15, -0.1) is 0 Å². The summed E-state index contributed by atoms with van der Waals surface area (Å²) in [5.74, 6) is 0.152. The Labute approximate surface area is 126 Å². The molecular weight excluding hydrogens is 288 g/mol. The summed E-state index contributed by atoms with van der Waals surface area (Å²) in [4.78, 5) is 22.8. The van der Waals surface area contributed by atoms with Crippen molar-refractivity contribution in [2.45, 2.75) is 13.8 Å². The van der Waals surface area contributed by atoms with E-state index in [1.807, 2.05) is 0 Å². The van der Waals surface area contributed by atoms with E-state index in [9.17, 15) is 9.59 Å². The normalized spacial score (nSPS) is 12.8. The summed E-state index contributed by atoms with van der Waals surface area (Å²) in [6.45, 7) is 3.26. The Bertz CT molecular complexity index is 700. The molecule has 0 radical (unpaired) electrons. The van der Waals surface area contributed by atoms with E-state index in [1.165, 1.54) is 13.8 Å². The van der Waals surface area contributed by atoms with Crippen LogP contribution >= 0.6 is 0 Å². The smallest absolute Gasteiger partial charge is 0.308 e. The SMILES string of the molecule is CC(=O)Oc1c2c(c(OC(C)=O)c3ccccc13)OCCO2. The summed E-state index contributed by atoms with van der Waals surface area (Å²) >= 11 is 0. The quantitative estimate of drug-likeness (QED) is 0.627. The summed E-state index contributed by atoms with van der Waals surface area (Å²) in [6, 6.07) is 7.11. The Hall–Kier alpha value is -2.76. The van der Waals surface area contributed by atoms with Crippen LogP contribution in [0.15, 0.2) is 24.3 Å². The van der Waals surface area contributed by atoms with Crippen LogP contribution < -0.4 is 18.9 Å². The molecule has 0 atom stereocenters. The molecule has 1 aliphatic heterocycles. The first kappa shape index (κ1) is 14.2. The molecule has 0 spiro atoms. The molecule has 0 amide bonds. The van der Waals surface area contributed by atoms with Crippen LogP contribution in [-0.4, -0.2) is 25.2 Å². The topological polar surface area (TPSA) is 71.1 Å². The predicted molar refractivity (Wildman–Crippen MR) is 77.6 cm³/mol. The van der Waals surface area contributed by atoms with Crippen LogP contribution in [0.2, 0.25) is 0 Å². The molecule has 0 aromatic heterocycles. The Kier molecular flexibility index (Phi) is 3.58. The first-order valence-electron chi connectivity index (χ1n) is 6.79. The number of carbonyl (C=O) groups excluding carboxylic acids is 2. The second kappa shape index (κ2) is 5.55. The van der Waals surface area contributed by atoms with Crippen LogP contribution in [0.5, 0.6) is 23.0 Å². The lowest BCUT2D eigenvalue weighted by molar-refractivity contribution is -0.133. The van der Waals surface area contributed by atoms with Crippen LogP contribution in [-0.2, 0) is 9.59 Å². The first-order valence-corrected chi connectivity index (χ1v) is 6.79. The fourth-order valence-corrected chi connectivity index (χ4v) is 2.37. The number of ether oxygens (including phenoxy) is 4. The average molecular weight is 302 g/mol. The van der Waals surface area contributed by atoms with Gasteiger partial charge in [-0.3, -0.25) is 9.59 Å². The molecule has 0 fully saturated rings. The fourth-order valence-electron chi connectivity index (χ4n) is 2.37. The minimum Gasteiger partial charge on any atom is -0.483 e. The minimum absolute atomic E-state index is 0.272. The van der Waals surface area contributed by atoms with Crippen LogP contribution in [0.3, 0.4) is 0 Å². The van der Waals surface area contributed by atoms with Crippen molar-refractivity contribution in [3.63, 3.8) is 0 Å². The summed E-state index contributed by atoms with van der Waals surface area (Å²) < 4.78 is 21.8. The van der Waals surface area contributed by atoms with Crippen molar-refractivity contribution in [2.75, 3.05) is 13.2 Å². The van der Waals surface area contributed by atoms with Gasteiger partial charge >= 0.3 is 11.9 Å². The van der Waals surface area contributed by atoms with Gasteiger partial charge in [0.25, 0.3) is 0 Å². The Morgan fingerprint density at radius 1 is 0.864 bits per heavy atom. The van der Waals surface area contributed by atoms with Crippen molar-refractivity contribution in [1.82, 2.24) is 0 Å². The molecule has 6 nitrogen and oxygen atoms in total. The maximum absolute atomic E-state index is 11.4. The van der Waals surface area contributed by atoms with Gasteiger partial charge in [0.15, 0.2) is 11.5 Å². The average Bonchev–Trinajstić information content (AvgIpc) is 2.50. The molecule has 2 aromatic carbocycles. The molecule has 1 aliphatic rings. The molecule has 0 N–H and O–H groups in total. The zero-order valence-corrected chi connectivity index (χ0v) is 12.2. The summed E-state index contributed by atoms with van der Waals surface area (Å²) in [6.07, 6.45) is 0. The first-order chi connectivity index (χ1) is 10.6. The second-order valence-electron chi connectivity index (χ2n) is 4.75. The molecular formula is C16H14O6. The highest BCUT2D eigenvalue weighted by Crippen LogP contribution is 2.52. The van der Waals surface area contributed by atoms with Gasteiger partial charge in [0.05, 0.1) is 0 Å². The predicted octanol–water partition coefficient (Wildman–Crippen LogP) is 2.46. The van der Waals surface area contributed by atoms with Crippen molar-refractivity contribution in [3.05, 3.63) is 24.3 Å². The van der Waals surface area contributed by atoms with Crippen molar-refractivity contribution >= 4 is 22.7 Å². The monoisotopic (exact) mass is 302 g/mol. The van der Waals surface area contributed by atoms with Crippen molar-refractivity contribution < 1.29 is 28.5 Å². The van der Waals surface area contributed by atoms with Gasteiger partial charge < -0.3 is 18.9 Å². The van der Waals surface area contributed by atoms with Gasteiger partial charge in [0, 0.05) is 24.6 Å². The van der Waals surface area contributed by atoms with E-state index in [0.717, 1.165) is 0 Å². The lowest BCUT2D eigenvalue weighted by Gasteiger charge is -2.24. The summed E-state index contributed by atoms with van der Waals surface area (Å²) in [5.41, 5.74) is 0. The zero-order chi connectivity index (χ0) is 15.7. The zero-order valence-electron chi connectivity index (χ0n) is 12.2. The number of hydrogen-bond donors (Lipinski definition) is 0. The summed E-state index contributed by atoms with van der Waals surface area (Å²) in [7, 11) is 0. The molecule has 2 aromatic rings. The number of rotatable bonds is 2. The van der Waals surface area contributed by atoms with E-state index < -0.39 is 11.9 Å². The molecule has 0 saturated carbocycles. The highest BCUT2D eigenvalue weighted by molar-refractivity contribution is 6.01. The van der Waals surface area contributed by atoms with Gasteiger partial charge in [0.1, 0.15) is 13.2 Å². The van der Waals surface area contributed by atoms with Gasteiger partial charge in [-0.05, 0) is 0 Å². The molecule has 6 heteroatoms. The molecule has 0 bridgehead atoms. The van der Waals surface area contributed by atoms with E-state index in [2.05, 4.69) is 0 Å². The van der Waals surface area contributed by atoms with Crippen LogP contribution in [0, 0.1) is 0 Å². The van der Waals surface area contributed by atoms with E-state index >= 15 is 0 Å². The molecule has 114 valence electrons. The van der Waals surface area contributed by atoms with Gasteiger partial charge in [0.2, 0.25) is 11.5 Å². The van der Waals surface area contributed by atoms with Crippen LogP contribution in [0.1, 0.15) is 13.8 Å². The van der Waals surface area contributed by atoms with Crippen molar-refractivity contribution in [3.8, 4) is 23.0 Å². The third kappa shape index (κ3) is 2.43. The number of fused-ring (bicyclic) bond motifs is 2. The number of carbonyl (C=O) groups is 2. The highest BCUT2D eigenvalue weighted by Gasteiger charge is 2.28. The van der Waals surface area contributed by atoms with Crippen molar-refractivity contribution in [1.29, 1.82) is 0 Å². The lowest BCUT2D eigenvalue weighted by Crippen LogP contribution is -2.18. The molecule has 22 heavy (non-hydrogen) atoms. The Balaban J connectivity index is 2.34. The highest BCUT2D eigenvalue weighted by atomic mass is 16.6. The number of benzene rings is 2. The number of hydrogen-bond acceptors (Lipinski definition) is 6. The molecule has 1 heterocycles. The lowest BCUT2D eigenvalue weighted by atomic mass is 10.1. The standard InChI is InChI=1S/C16H14O6/c1-9(17)21-13-11-5-3-4-6-12(11)14(22-10(2)18)16-15(13)19-7-8-20-16/h3-6H,7-8H2,1-2H3. The third-order valence-corrected chi connectivity index (χ3v) is 3.10. The fraction of sp³-hybridized carbons (Fsp3) is 0.250. The van der Waals surface area contributed by atoms with Gasteiger partial charge in [-0.1, -0.05) is 24.3 Å². The minimum atomic E-state index is -0.471.